The lowest BCUT2D eigenvalue weighted by Crippen LogP contribution is -2.43. The number of amides is 1. The summed E-state index contributed by atoms with van der Waals surface area (Å²) >= 11 is 0. The molecule has 2 aliphatic rings. The van der Waals surface area contributed by atoms with E-state index in [4.69, 9.17) is 0 Å². The highest BCUT2D eigenvalue weighted by atomic mass is 16.2. The Morgan fingerprint density at radius 3 is 2.62 bits per heavy atom. The van der Waals surface area contributed by atoms with Gasteiger partial charge in [-0.15, -0.1) is 0 Å². The van der Waals surface area contributed by atoms with Crippen LogP contribution in [0, 0.1) is 5.92 Å². The molecule has 1 heterocycles. The molecule has 24 heavy (non-hydrogen) atoms. The maximum absolute atomic E-state index is 12.5. The molecule has 1 unspecified atom stereocenters. The largest absolute Gasteiger partial charge is 0.295 e. The van der Waals surface area contributed by atoms with Crippen LogP contribution >= 0.6 is 0 Å². The van der Waals surface area contributed by atoms with Gasteiger partial charge in [0.2, 0.25) is 5.91 Å². The van der Waals surface area contributed by atoms with E-state index < -0.39 is 0 Å². The number of nitrogens with zero attached hydrogens (tertiary/aromatic N) is 1. The number of nitrogens with one attached hydrogen (secondary N) is 1. The van der Waals surface area contributed by atoms with Crippen molar-refractivity contribution in [3.05, 3.63) is 47.5 Å². The van der Waals surface area contributed by atoms with Gasteiger partial charge in [0.05, 0.1) is 5.92 Å². The molecule has 4 heteroatoms. The Bertz CT molecular complexity index is 603. The van der Waals surface area contributed by atoms with Gasteiger partial charge in [0.15, 0.2) is 5.78 Å². The molecular weight excluding hydrogens is 300 g/mol. The van der Waals surface area contributed by atoms with E-state index in [1.54, 1.807) is 0 Å². The maximum atomic E-state index is 12.5. The minimum atomic E-state index is -0.255. The summed E-state index contributed by atoms with van der Waals surface area (Å²) in [6.45, 7) is 1.84. The van der Waals surface area contributed by atoms with Crippen LogP contribution in [0.2, 0.25) is 0 Å². The fraction of sp³-hybridized carbons (Fsp3) is 0.500. The first kappa shape index (κ1) is 16.9. The fourth-order valence-electron chi connectivity index (χ4n) is 3.59. The molecule has 1 aliphatic carbocycles. The summed E-state index contributed by atoms with van der Waals surface area (Å²) in [5.74, 6) is -0.114. The number of hydrazine groups is 1. The van der Waals surface area contributed by atoms with Crippen molar-refractivity contribution in [2.45, 2.75) is 44.9 Å². The normalized spacial score (nSPS) is 20.8. The summed E-state index contributed by atoms with van der Waals surface area (Å²) in [5, 5.41) is 1.98. The zero-order chi connectivity index (χ0) is 16.8. The molecule has 1 fully saturated rings. The smallest absolute Gasteiger partial charge is 0.241 e. The van der Waals surface area contributed by atoms with Gasteiger partial charge >= 0.3 is 0 Å². The first-order chi connectivity index (χ1) is 11.7. The number of rotatable bonds is 7. The van der Waals surface area contributed by atoms with Crippen molar-refractivity contribution < 1.29 is 9.59 Å². The van der Waals surface area contributed by atoms with Crippen LogP contribution < -0.4 is 5.43 Å². The van der Waals surface area contributed by atoms with Crippen LogP contribution in [0.25, 0.3) is 0 Å². The second-order valence-corrected chi connectivity index (χ2v) is 6.72. The molecule has 1 aliphatic heterocycles. The van der Waals surface area contributed by atoms with Crippen LogP contribution in [-0.2, 0) is 16.0 Å². The summed E-state index contributed by atoms with van der Waals surface area (Å²) in [7, 11) is 0. The van der Waals surface area contributed by atoms with Crippen molar-refractivity contribution in [1.82, 2.24) is 10.4 Å². The zero-order valence-corrected chi connectivity index (χ0v) is 14.2. The average Bonchev–Trinajstić information content (AvgIpc) is 3.27. The van der Waals surface area contributed by atoms with Crippen LogP contribution in [0.3, 0.4) is 0 Å². The molecule has 1 aromatic rings. The summed E-state index contributed by atoms with van der Waals surface area (Å²) in [5.41, 5.74) is 4.98. The van der Waals surface area contributed by atoms with Gasteiger partial charge in [-0.1, -0.05) is 36.4 Å². The van der Waals surface area contributed by atoms with Crippen LogP contribution in [0.4, 0.5) is 0 Å². The monoisotopic (exact) mass is 326 g/mol. The highest BCUT2D eigenvalue weighted by Crippen LogP contribution is 2.28. The zero-order valence-electron chi connectivity index (χ0n) is 14.2. The van der Waals surface area contributed by atoms with Gasteiger partial charge in [-0.05, 0) is 44.1 Å². The molecule has 1 aromatic carbocycles. The Balaban J connectivity index is 1.48. The van der Waals surface area contributed by atoms with E-state index in [1.807, 2.05) is 29.3 Å². The summed E-state index contributed by atoms with van der Waals surface area (Å²) < 4.78 is 0. The van der Waals surface area contributed by atoms with E-state index in [2.05, 4.69) is 17.6 Å². The Kier molecular flexibility index (Phi) is 5.81. The van der Waals surface area contributed by atoms with Crippen LogP contribution in [0.5, 0.6) is 0 Å². The lowest BCUT2D eigenvalue weighted by atomic mass is 9.94. The van der Waals surface area contributed by atoms with Crippen LogP contribution in [-0.4, -0.2) is 29.8 Å². The number of Topliss-reactive ketones (excluding diaryl/α,β-unsaturated/α-hetero) is 1. The van der Waals surface area contributed by atoms with Crippen molar-refractivity contribution in [3.63, 3.8) is 0 Å². The summed E-state index contributed by atoms with van der Waals surface area (Å²) in [6.07, 6.45) is 8.09. The van der Waals surface area contributed by atoms with Crippen LogP contribution in [0.1, 0.15) is 44.1 Å². The quantitative estimate of drug-likeness (QED) is 0.838. The Morgan fingerprint density at radius 1 is 1.12 bits per heavy atom. The molecule has 128 valence electrons. The highest BCUT2D eigenvalue weighted by molar-refractivity contribution is 6.02. The Hall–Kier alpha value is -1.94. The minimum absolute atomic E-state index is 0.00272. The predicted octanol–water partition coefficient (Wildman–Crippen LogP) is 3.04. The van der Waals surface area contributed by atoms with Crippen molar-refractivity contribution in [3.8, 4) is 0 Å². The number of carbonyl (C=O) groups excluding carboxylic acids is 2. The molecule has 4 nitrogen and oxygen atoms in total. The molecule has 3 rings (SSSR count). The number of hydrogen-bond acceptors (Lipinski definition) is 3. The minimum Gasteiger partial charge on any atom is -0.295 e. The van der Waals surface area contributed by atoms with Crippen LogP contribution in [0.15, 0.2) is 42.0 Å². The predicted molar refractivity (Wildman–Crippen MR) is 94.1 cm³/mol. The van der Waals surface area contributed by atoms with Crippen molar-refractivity contribution in [2.24, 2.45) is 5.92 Å². The number of aryl methyl sites for hydroxylation is 1. The SMILES string of the molecule is O=C(CCCc1ccccc1)C1=CCCC1C(=O)NN1CCCC1. The number of allylic oxidation sites excluding steroid dienone is 1. The van der Waals surface area contributed by atoms with Crippen molar-refractivity contribution in [2.75, 3.05) is 13.1 Å². The van der Waals surface area contributed by atoms with E-state index in [1.165, 1.54) is 5.56 Å². The molecule has 0 spiro atoms. The van der Waals surface area contributed by atoms with E-state index in [0.717, 1.165) is 57.2 Å². The molecule has 1 atom stereocenters. The van der Waals surface area contributed by atoms with Gasteiger partial charge in [-0.3, -0.25) is 15.0 Å². The van der Waals surface area contributed by atoms with Gasteiger partial charge in [-0.2, -0.15) is 0 Å². The molecule has 0 saturated carbocycles. The average molecular weight is 326 g/mol. The third-order valence-corrected chi connectivity index (χ3v) is 4.92. The molecule has 1 saturated heterocycles. The Morgan fingerprint density at radius 2 is 1.88 bits per heavy atom. The van der Waals surface area contributed by atoms with Gasteiger partial charge < -0.3 is 0 Å². The van der Waals surface area contributed by atoms with E-state index in [9.17, 15) is 9.59 Å². The van der Waals surface area contributed by atoms with Gasteiger partial charge in [0.1, 0.15) is 0 Å². The van der Waals surface area contributed by atoms with Gasteiger partial charge in [0, 0.05) is 25.1 Å². The molecule has 0 bridgehead atoms. The standard InChI is InChI=1S/C20H26N2O2/c23-19(13-6-10-16-8-2-1-3-9-16)17-11-7-12-18(17)20(24)21-22-14-4-5-15-22/h1-3,8-9,11,18H,4-7,10,12-15H2,(H,21,24). The first-order valence-electron chi connectivity index (χ1n) is 9.06. The Labute approximate surface area is 143 Å². The first-order valence-corrected chi connectivity index (χ1v) is 9.06. The van der Waals surface area contributed by atoms with Gasteiger partial charge in [-0.25, -0.2) is 5.01 Å². The third kappa shape index (κ3) is 4.32. The van der Waals surface area contributed by atoms with E-state index in [0.29, 0.717) is 6.42 Å². The number of ketones is 1. The number of carbonyl (C=O) groups is 2. The number of benzene rings is 1. The molecular formula is C20H26N2O2. The summed E-state index contributed by atoms with van der Waals surface area (Å²) in [4.78, 5) is 25.0. The fourth-order valence-corrected chi connectivity index (χ4v) is 3.59. The lowest BCUT2D eigenvalue weighted by molar-refractivity contribution is -0.129. The topological polar surface area (TPSA) is 49.4 Å². The lowest BCUT2D eigenvalue weighted by Gasteiger charge is -2.20. The second kappa shape index (κ2) is 8.25. The molecule has 0 radical (unpaired) electrons. The summed E-state index contributed by atoms with van der Waals surface area (Å²) in [6, 6.07) is 10.2. The van der Waals surface area contributed by atoms with Crippen molar-refractivity contribution in [1.29, 1.82) is 0 Å². The maximum Gasteiger partial charge on any atom is 0.241 e. The molecule has 0 aromatic heterocycles. The molecule has 1 N–H and O–H groups in total. The van der Waals surface area contributed by atoms with E-state index >= 15 is 0 Å². The van der Waals surface area contributed by atoms with Crippen molar-refractivity contribution >= 4 is 11.7 Å². The number of hydrogen-bond donors (Lipinski definition) is 1. The molecule has 1 amide bonds. The second-order valence-electron chi connectivity index (χ2n) is 6.72. The highest BCUT2D eigenvalue weighted by Gasteiger charge is 2.31. The third-order valence-electron chi connectivity index (χ3n) is 4.92. The van der Waals surface area contributed by atoms with E-state index in [-0.39, 0.29) is 17.6 Å². The van der Waals surface area contributed by atoms with Gasteiger partial charge in [0.25, 0.3) is 0 Å².